The summed E-state index contributed by atoms with van der Waals surface area (Å²) >= 11 is 6.33. The molecule has 0 saturated heterocycles. The first-order chi connectivity index (χ1) is 15.6. The summed E-state index contributed by atoms with van der Waals surface area (Å²) in [6, 6.07) is 12.6. The molecule has 0 atom stereocenters. The minimum atomic E-state index is -4.77. The molecule has 33 heavy (non-hydrogen) atoms. The maximum atomic E-state index is 13.9. The number of aromatic nitrogens is 3. The molecule has 10 heteroatoms. The average molecular weight is 475 g/mol. The van der Waals surface area contributed by atoms with Gasteiger partial charge in [-0.25, -0.2) is 9.50 Å². The molecule has 0 saturated carbocycles. The fourth-order valence-electron chi connectivity index (χ4n) is 3.34. The first-order valence-corrected chi connectivity index (χ1v) is 10.2. The number of amides is 1. The predicted molar refractivity (Wildman–Crippen MR) is 119 cm³/mol. The zero-order chi connectivity index (χ0) is 23.9. The number of benzene rings is 2. The topological polar surface area (TPSA) is 68.5 Å². The summed E-state index contributed by atoms with van der Waals surface area (Å²) in [5, 5.41) is 6.24. The van der Waals surface area contributed by atoms with E-state index in [1.54, 1.807) is 36.4 Å². The van der Waals surface area contributed by atoms with Crippen molar-refractivity contribution in [2.75, 3.05) is 12.4 Å². The summed E-state index contributed by atoms with van der Waals surface area (Å²) in [6.07, 6.45) is -4.77. The number of rotatable bonds is 4. The van der Waals surface area contributed by atoms with Gasteiger partial charge >= 0.3 is 6.18 Å². The molecule has 2 aromatic heterocycles. The number of nitrogens with one attached hydrogen (secondary N) is 1. The molecule has 170 valence electrons. The molecule has 2 aromatic carbocycles. The maximum absolute atomic E-state index is 13.9. The summed E-state index contributed by atoms with van der Waals surface area (Å²) in [5.74, 6) is -0.286. The number of halogens is 4. The molecule has 0 spiro atoms. The Kier molecular flexibility index (Phi) is 5.75. The molecular weight excluding hydrogens is 457 g/mol. The van der Waals surface area contributed by atoms with Crippen molar-refractivity contribution < 1.29 is 22.7 Å². The second kappa shape index (κ2) is 8.40. The van der Waals surface area contributed by atoms with Gasteiger partial charge in [0.15, 0.2) is 17.0 Å². The van der Waals surface area contributed by atoms with E-state index < -0.39 is 17.8 Å². The van der Waals surface area contributed by atoms with Crippen LogP contribution in [0.15, 0.2) is 48.5 Å². The van der Waals surface area contributed by atoms with E-state index in [2.05, 4.69) is 15.4 Å². The van der Waals surface area contributed by atoms with E-state index in [-0.39, 0.29) is 22.1 Å². The van der Waals surface area contributed by atoms with E-state index in [0.29, 0.717) is 21.5 Å². The Bertz CT molecular complexity index is 1380. The van der Waals surface area contributed by atoms with Gasteiger partial charge in [0.05, 0.1) is 12.8 Å². The number of nitrogens with zero attached hydrogens (tertiary/aromatic N) is 3. The Labute approximate surface area is 192 Å². The van der Waals surface area contributed by atoms with Crippen LogP contribution >= 0.6 is 11.6 Å². The van der Waals surface area contributed by atoms with Gasteiger partial charge in [0.25, 0.3) is 5.91 Å². The van der Waals surface area contributed by atoms with Gasteiger partial charge in [-0.2, -0.15) is 18.3 Å². The Morgan fingerprint density at radius 2 is 1.85 bits per heavy atom. The smallest absolute Gasteiger partial charge is 0.433 e. The highest BCUT2D eigenvalue weighted by atomic mass is 35.5. The third-order valence-corrected chi connectivity index (χ3v) is 5.60. The second-order valence-electron chi connectivity index (χ2n) is 7.36. The molecule has 0 aliphatic rings. The van der Waals surface area contributed by atoms with E-state index in [4.69, 9.17) is 16.3 Å². The zero-order valence-electron chi connectivity index (χ0n) is 17.8. The van der Waals surface area contributed by atoms with Crippen LogP contribution in [0.5, 0.6) is 5.75 Å². The molecule has 0 unspecified atom stereocenters. The van der Waals surface area contributed by atoms with E-state index in [1.807, 2.05) is 19.9 Å². The monoisotopic (exact) mass is 474 g/mol. The summed E-state index contributed by atoms with van der Waals surface area (Å²) in [7, 11) is 1.45. The van der Waals surface area contributed by atoms with E-state index >= 15 is 0 Å². The molecule has 4 rings (SSSR count). The first-order valence-electron chi connectivity index (χ1n) is 9.78. The van der Waals surface area contributed by atoms with Crippen LogP contribution in [-0.2, 0) is 6.18 Å². The number of aryl methyl sites for hydroxylation is 1. The third kappa shape index (κ3) is 4.23. The van der Waals surface area contributed by atoms with Gasteiger partial charge in [0, 0.05) is 11.3 Å². The number of hydrogen-bond donors (Lipinski definition) is 1. The molecule has 6 nitrogen and oxygen atoms in total. The molecule has 1 N–H and O–H groups in total. The van der Waals surface area contributed by atoms with Crippen LogP contribution in [0.3, 0.4) is 0 Å². The van der Waals surface area contributed by atoms with Crippen LogP contribution in [0.25, 0.3) is 16.9 Å². The lowest BCUT2D eigenvalue weighted by atomic mass is 10.1. The first kappa shape index (κ1) is 22.6. The summed E-state index contributed by atoms with van der Waals surface area (Å²) in [4.78, 5) is 17.1. The second-order valence-corrected chi connectivity index (χ2v) is 7.73. The van der Waals surface area contributed by atoms with Gasteiger partial charge in [-0.3, -0.25) is 4.79 Å². The van der Waals surface area contributed by atoms with Gasteiger partial charge in [0.2, 0.25) is 0 Å². The highest BCUT2D eigenvalue weighted by Crippen LogP contribution is 2.35. The fourth-order valence-corrected chi connectivity index (χ4v) is 3.58. The molecule has 0 radical (unpaired) electrons. The molecule has 1 amide bonds. The zero-order valence-corrected chi connectivity index (χ0v) is 18.5. The SMILES string of the molecule is COc1cccc(-c2cc(C(F)(F)F)n3nc(C(=O)Nc4cccc(C)c4C)c(Cl)c3n2)c1. The van der Waals surface area contributed by atoms with E-state index in [1.165, 1.54) is 7.11 Å². The minimum absolute atomic E-state index is 0.0111. The standard InChI is InChI=1S/C23H18ClF3N4O2/c1-12-6-4-9-16(13(12)2)29-22(32)20-19(24)21-28-17(14-7-5-8-15(10-14)33-3)11-18(23(25,26)27)31(21)30-20/h4-11H,1-3H3,(H,29,32). The number of hydrogen-bond acceptors (Lipinski definition) is 4. The Hall–Kier alpha value is -3.59. The number of carbonyl (C=O) groups is 1. The highest BCUT2D eigenvalue weighted by molar-refractivity contribution is 6.37. The molecule has 0 fully saturated rings. The number of anilines is 1. The predicted octanol–water partition coefficient (Wildman–Crippen LogP) is 5.95. The van der Waals surface area contributed by atoms with Crippen molar-refractivity contribution in [3.8, 4) is 17.0 Å². The molecule has 0 aliphatic heterocycles. The fraction of sp³-hybridized carbons (Fsp3) is 0.174. The van der Waals surface area contributed by atoms with Crippen LogP contribution in [-0.4, -0.2) is 27.6 Å². The summed E-state index contributed by atoms with van der Waals surface area (Å²) < 4.78 is 47.4. The van der Waals surface area contributed by atoms with Gasteiger partial charge in [0.1, 0.15) is 10.8 Å². The van der Waals surface area contributed by atoms with Gasteiger partial charge in [-0.15, -0.1) is 0 Å². The Morgan fingerprint density at radius 1 is 1.12 bits per heavy atom. The van der Waals surface area contributed by atoms with Crippen LogP contribution in [0.2, 0.25) is 5.02 Å². The minimum Gasteiger partial charge on any atom is -0.497 e. The van der Waals surface area contributed by atoms with E-state index in [0.717, 1.165) is 17.2 Å². The molecule has 0 aliphatic carbocycles. The van der Waals surface area contributed by atoms with Crippen LogP contribution < -0.4 is 10.1 Å². The quantitative estimate of drug-likeness (QED) is 0.397. The number of ether oxygens (including phenoxy) is 1. The van der Waals surface area contributed by atoms with Crippen molar-refractivity contribution >= 4 is 28.8 Å². The Balaban J connectivity index is 1.86. The summed E-state index contributed by atoms with van der Waals surface area (Å²) in [6.45, 7) is 3.70. The summed E-state index contributed by atoms with van der Waals surface area (Å²) in [5.41, 5.74) is 0.914. The van der Waals surface area contributed by atoms with Crippen LogP contribution in [0, 0.1) is 13.8 Å². The van der Waals surface area contributed by atoms with Crippen LogP contribution in [0.1, 0.15) is 27.3 Å². The van der Waals surface area contributed by atoms with Crippen molar-refractivity contribution in [3.05, 3.63) is 76.1 Å². The molecule has 0 bridgehead atoms. The van der Waals surface area contributed by atoms with Gasteiger partial charge < -0.3 is 10.1 Å². The number of carbonyl (C=O) groups excluding carboxylic acids is 1. The molecule has 4 aromatic rings. The van der Waals surface area contributed by atoms with E-state index in [9.17, 15) is 18.0 Å². The van der Waals surface area contributed by atoms with Crippen molar-refractivity contribution in [2.24, 2.45) is 0 Å². The van der Waals surface area contributed by atoms with Crippen molar-refractivity contribution in [1.29, 1.82) is 0 Å². The van der Waals surface area contributed by atoms with Crippen molar-refractivity contribution in [3.63, 3.8) is 0 Å². The molecular formula is C23H18ClF3N4O2. The molecule has 2 heterocycles. The number of methoxy groups -OCH3 is 1. The van der Waals surface area contributed by atoms with Crippen LogP contribution in [0.4, 0.5) is 18.9 Å². The largest absolute Gasteiger partial charge is 0.497 e. The Morgan fingerprint density at radius 3 is 2.55 bits per heavy atom. The number of fused-ring (bicyclic) bond motifs is 1. The van der Waals surface area contributed by atoms with Crippen molar-refractivity contribution in [2.45, 2.75) is 20.0 Å². The average Bonchev–Trinajstić information content (AvgIpc) is 3.12. The lowest BCUT2D eigenvalue weighted by molar-refractivity contribution is -0.142. The van der Waals surface area contributed by atoms with Crippen molar-refractivity contribution in [1.82, 2.24) is 14.6 Å². The lowest BCUT2D eigenvalue weighted by Crippen LogP contribution is -2.16. The van der Waals surface area contributed by atoms with Gasteiger partial charge in [-0.05, 0) is 49.2 Å². The van der Waals surface area contributed by atoms with Gasteiger partial charge in [-0.1, -0.05) is 35.9 Å². The third-order valence-electron chi connectivity index (χ3n) is 5.26. The highest BCUT2D eigenvalue weighted by Gasteiger charge is 2.36. The lowest BCUT2D eigenvalue weighted by Gasteiger charge is -2.11. The maximum Gasteiger partial charge on any atom is 0.433 e. The number of alkyl halides is 3. The normalized spacial score (nSPS) is 11.6.